The van der Waals surface area contributed by atoms with Crippen LogP contribution in [0.4, 0.5) is 0 Å². The zero-order valence-corrected chi connectivity index (χ0v) is 8.02. The van der Waals surface area contributed by atoms with Crippen LogP contribution >= 0.6 is 0 Å². The predicted molar refractivity (Wildman–Crippen MR) is 46.6 cm³/mol. The second-order valence-corrected chi connectivity index (χ2v) is 4.79. The first-order valence-electron chi connectivity index (χ1n) is 4.30. The van der Waals surface area contributed by atoms with Crippen LogP contribution in [0.25, 0.3) is 0 Å². The van der Waals surface area contributed by atoms with Gasteiger partial charge in [0.05, 0.1) is 6.61 Å². The minimum absolute atomic E-state index is 0.0287. The molecule has 3 heteroatoms. The Morgan fingerprint density at radius 1 is 1.50 bits per heavy atom. The number of rotatable bonds is 2. The van der Waals surface area contributed by atoms with Gasteiger partial charge in [0, 0.05) is 0 Å². The molecular weight excluding hydrogens is 154 g/mol. The van der Waals surface area contributed by atoms with Gasteiger partial charge in [-0.1, -0.05) is 20.8 Å². The van der Waals surface area contributed by atoms with E-state index in [4.69, 9.17) is 10.5 Å². The first-order chi connectivity index (χ1) is 5.33. The Labute approximate surface area is 73.3 Å². The molecule has 70 valence electrons. The largest absolute Gasteiger partial charge is 0.464 e. The maximum Gasteiger partial charge on any atom is 0.326 e. The minimum Gasteiger partial charge on any atom is -0.464 e. The smallest absolute Gasteiger partial charge is 0.326 e. The number of carbonyl (C=O) groups is 1. The third-order valence-corrected chi connectivity index (χ3v) is 1.83. The van der Waals surface area contributed by atoms with Crippen molar-refractivity contribution in [3.8, 4) is 0 Å². The van der Waals surface area contributed by atoms with Gasteiger partial charge >= 0.3 is 5.97 Å². The van der Waals surface area contributed by atoms with E-state index in [1.54, 1.807) is 0 Å². The predicted octanol–water partition coefficient (Wildman–Crippen LogP) is 1.07. The molecule has 1 fully saturated rings. The molecule has 0 radical (unpaired) electrons. The van der Waals surface area contributed by atoms with Crippen LogP contribution in [-0.2, 0) is 9.53 Å². The lowest BCUT2D eigenvalue weighted by Gasteiger charge is -2.19. The summed E-state index contributed by atoms with van der Waals surface area (Å²) in [6, 6.07) is 0. The summed E-state index contributed by atoms with van der Waals surface area (Å²) in [5, 5.41) is 0. The van der Waals surface area contributed by atoms with Crippen LogP contribution in [0.3, 0.4) is 0 Å². The standard InChI is InChI=1S/C9H17NO2/c1-8(2,3)6-12-7(11)9(10)4-5-9/h4-6,10H2,1-3H3. The van der Waals surface area contributed by atoms with Crippen LogP contribution in [0.15, 0.2) is 0 Å². The highest BCUT2D eigenvalue weighted by Crippen LogP contribution is 2.33. The Bertz CT molecular complexity index is 189. The fourth-order valence-corrected chi connectivity index (χ4v) is 0.765. The highest BCUT2D eigenvalue weighted by atomic mass is 16.5. The molecule has 0 aromatic rings. The summed E-state index contributed by atoms with van der Waals surface area (Å²) < 4.78 is 5.07. The SMILES string of the molecule is CC(C)(C)COC(=O)C1(N)CC1. The summed E-state index contributed by atoms with van der Waals surface area (Å²) in [7, 11) is 0. The van der Waals surface area contributed by atoms with Gasteiger partial charge < -0.3 is 10.5 Å². The van der Waals surface area contributed by atoms with Crippen molar-refractivity contribution >= 4 is 5.97 Å². The van der Waals surface area contributed by atoms with Crippen LogP contribution in [-0.4, -0.2) is 18.1 Å². The molecule has 1 aliphatic carbocycles. The Kier molecular flexibility index (Phi) is 2.17. The summed E-state index contributed by atoms with van der Waals surface area (Å²) in [4.78, 5) is 11.2. The molecule has 0 saturated heterocycles. The van der Waals surface area contributed by atoms with E-state index in [1.807, 2.05) is 20.8 Å². The van der Waals surface area contributed by atoms with E-state index in [2.05, 4.69) is 0 Å². The van der Waals surface area contributed by atoms with Gasteiger partial charge in [0.15, 0.2) is 0 Å². The van der Waals surface area contributed by atoms with Crippen molar-refractivity contribution in [3.63, 3.8) is 0 Å². The lowest BCUT2D eigenvalue weighted by molar-refractivity contribution is -0.149. The monoisotopic (exact) mass is 171 g/mol. The van der Waals surface area contributed by atoms with E-state index in [9.17, 15) is 4.79 Å². The molecule has 0 unspecified atom stereocenters. The number of ether oxygens (including phenoxy) is 1. The molecule has 0 atom stereocenters. The molecule has 2 N–H and O–H groups in total. The van der Waals surface area contributed by atoms with E-state index in [0.717, 1.165) is 12.8 Å². The fourth-order valence-electron chi connectivity index (χ4n) is 0.765. The molecule has 0 spiro atoms. The van der Waals surface area contributed by atoms with E-state index in [0.29, 0.717) is 6.61 Å². The lowest BCUT2D eigenvalue weighted by Crippen LogP contribution is -2.36. The Hall–Kier alpha value is -0.570. The molecule has 0 aromatic heterocycles. The molecule has 0 aromatic carbocycles. The Morgan fingerprint density at radius 3 is 2.33 bits per heavy atom. The van der Waals surface area contributed by atoms with Crippen LogP contribution in [0, 0.1) is 5.41 Å². The Morgan fingerprint density at radius 2 is 2.00 bits per heavy atom. The van der Waals surface area contributed by atoms with Crippen LogP contribution in [0.1, 0.15) is 33.6 Å². The summed E-state index contributed by atoms with van der Waals surface area (Å²) in [6.45, 7) is 6.52. The van der Waals surface area contributed by atoms with E-state index < -0.39 is 5.54 Å². The number of esters is 1. The van der Waals surface area contributed by atoms with Crippen LogP contribution < -0.4 is 5.73 Å². The fraction of sp³-hybridized carbons (Fsp3) is 0.889. The molecule has 12 heavy (non-hydrogen) atoms. The number of hydrogen-bond donors (Lipinski definition) is 1. The highest BCUT2D eigenvalue weighted by molar-refractivity contribution is 5.83. The molecule has 3 nitrogen and oxygen atoms in total. The third kappa shape index (κ3) is 2.48. The van der Waals surface area contributed by atoms with Gasteiger partial charge in [-0.05, 0) is 18.3 Å². The molecule has 0 bridgehead atoms. The number of hydrogen-bond acceptors (Lipinski definition) is 3. The van der Waals surface area contributed by atoms with Crippen molar-refractivity contribution in [3.05, 3.63) is 0 Å². The maximum atomic E-state index is 11.2. The van der Waals surface area contributed by atoms with Crippen LogP contribution in [0.5, 0.6) is 0 Å². The van der Waals surface area contributed by atoms with Crippen molar-refractivity contribution in [2.45, 2.75) is 39.2 Å². The van der Waals surface area contributed by atoms with E-state index >= 15 is 0 Å². The average Bonchev–Trinajstić information content (AvgIpc) is 2.62. The molecular formula is C9H17NO2. The molecule has 0 heterocycles. The summed E-state index contributed by atoms with van der Waals surface area (Å²) in [5.41, 5.74) is 5.04. The molecule has 0 aliphatic heterocycles. The molecule has 0 amide bonds. The molecule has 1 rings (SSSR count). The zero-order valence-electron chi connectivity index (χ0n) is 8.02. The van der Waals surface area contributed by atoms with Crippen molar-refractivity contribution < 1.29 is 9.53 Å². The van der Waals surface area contributed by atoms with Gasteiger partial charge in [0.2, 0.25) is 0 Å². The first kappa shape index (κ1) is 9.52. The van der Waals surface area contributed by atoms with Crippen molar-refractivity contribution in [2.24, 2.45) is 11.1 Å². The quantitative estimate of drug-likeness (QED) is 0.632. The second-order valence-electron chi connectivity index (χ2n) is 4.79. The van der Waals surface area contributed by atoms with Crippen molar-refractivity contribution in [1.82, 2.24) is 0 Å². The summed E-state index contributed by atoms with van der Waals surface area (Å²) in [5.74, 6) is -0.238. The number of carbonyl (C=O) groups excluding carboxylic acids is 1. The van der Waals surface area contributed by atoms with Gasteiger partial charge in [-0.25, -0.2) is 0 Å². The van der Waals surface area contributed by atoms with Gasteiger partial charge in [0.25, 0.3) is 0 Å². The van der Waals surface area contributed by atoms with Gasteiger partial charge in [0.1, 0.15) is 5.54 Å². The Balaban J connectivity index is 2.29. The minimum atomic E-state index is -0.634. The van der Waals surface area contributed by atoms with Crippen LogP contribution in [0.2, 0.25) is 0 Å². The normalized spacial score (nSPS) is 20.3. The molecule has 1 saturated carbocycles. The van der Waals surface area contributed by atoms with Crippen molar-refractivity contribution in [2.75, 3.05) is 6.61 Å². The third-order valence-electron chi connectivity index (χ3n) is 1.83. The average molecular weight is 171 g/mol. The van der Waals surface area contributed by atoms with Gasteiger partial charge in [-0.2, -0.15) is 0 Å². The van der Waals surface area contributed by atoms with Crippen molar-refractivity contribution in [1.29, 1.82) is 0 Å². The first-order valence-corrected chi connectivity index (χ1v) is 4.30. The zero-order chi connectivity index (χ0) is 9.41. The lowest BCUT2D eigenvalue weighted by atomic mass is 9.99. The van der Waals surface area contributed by atoms with E-state index in [-0.39, 0.29) is 11.4 Å². The number of nitrogens with two attached hydrogens (primary N) is 1. The van der Waals surface area contributed by atoms with Gasteiger partial charge in [-0.3, -0.25) is 4.79 Å². The highest BCUT2D eigenvalue weighted by Gasteiger charge is 2.47. The summed E-state index contributed by atoms with van der Waals surface area (Å²) in [6.07, 6.45) is 1.55. The van der Waals surface area contributed by atoms with E-state index in [1.165, 1.54) is 0 Å². The topological polar surface area (TPSA) is 52.3 Å². The second kappa shape index (κ2) is 2.73. The molecule has 1 aliphatic rings. The maximum absolute atomic E-state index is 11.2. The summed E-state index contributed by atoms with van der Waals surface area (Å²) >= 11 is 0. The van der Waals surface area contributed by atoms with Gasteiger partial charge in [-0.15, -0.1) is 0 Å².